The van der Waals surface area contributed by atoms with Crippen LogP contribution in [0.15, 0.2) is 31.6 Å². The van der Waals surface area contributed by atoms with Crippen LogP contribution in [0.2, 0.25) is 0 Å². The van der Waals surface area contributed by atoms with E-state index in [0.717, 1.165) is 16.1 Å². The molecule has 2 aliphatic rings. The SMILES string of the molecule is CC(=O)O[C@H]1C[C@H](n2cc(C)c(=O)[nH]c2=O)O[C@@H]1COS(=O)(=O)N[C@H]1C[C@H](n2cc(C)c(=O)[nH]c2=O)O[C@@H]1CO. The normalized spacial score (nSPS) is 26.7. The molecular weight excluding hydrogens is 558 g/mol. The number of esters is 1. The second kappa shape index (κ2) is 11.6. The first kappa shape index (κ1) is 29.6. The molecule has 2 aliphatic heterocycles. The molecule has 4 rings (SSSR count). The third kappa shape index (κ3) is 6.48. The topological polar surface area (TPSA) is 230 Å². The summed E-state index contributed by atoms with van der Waals surface area (Å²) in [4.78, 5) is 63.8. The lowest BCUT2D eigenvalue weighted by atomic mass is 10.1. The molecule has 0 saturated carbocycles. The molecule has 6 atom stereocenters. The van der Waals surface area contributed by atoms with Crippen molar-refractivity contribution in [1.29, 1.82) is 0 Å². The van der Waals surface area contributed by atoms with Crippen LogP contribution in [-0.4, -0.2) is 76.2 Å². The molecule has 4 N–H and O–H groups in total. The van der Waals surface area contributed by atoms with E-state index in [1.165, 1.54) is 26.2 Å². The molecule has 0 unspecified atom stereocenters. The van der Waals surface area contributed by atoms with E-state index in [-0.39, 0.29) is 24.0 Å². The van der Waals surface area contributed by atoms with Crippen molar-refractivity contribution in [2.75, 3.05) is 13.2 Å². The molecule has 18 heteroatoms. The first-order chi connectivity index (χ1) is 18.8. The number of aryl methyl sites for hydroxylation is 2. The van der Waals surface area contributed by atoms with Crippen LogP contribution in [0.1, 0.15) is 43.3 Å². The molecule has 0 radical (unpaired) electrons. The van der Waals surface area contributed by atoms with Gasteiger partial charge in [0.1, 0.15) is 24.7 Å². The maximum atomic E-state index is 12.8. The lowest BCUT2D eigenvalue weighted by Gasteiger charge is -2.20. The third-order valence-electron chi connectivity index (χ3n) is 6.51. The van der Waals surface area contributed by atoms with Crippen molar-refractivity contribution in [3.63, 3.8) is 0 Å². The Morgan fingerprint density at radius 3 is 2.05 bits per heavy atom. The van der Waals surface area contributed by atoms with Gasteiger partial charge in [0.25, 0.3) is 11.1 Å². The number of H-pyrrole nitrogens is 2. The lowest BCUT2D eigenvalue weighted by molar-refractivity contribution is -0.150. The Balaban J connectivity index is 1.45. The highest BCUT2D eigenvalue weighted by Crippen LogP contribution is 2.31. The zero-order chi connectivity index (χ0) is 29.4. The zero-order valence-electron chi connectivity index (χ0n) is 21.7. The van der Waals surface area contributed by atoms with Crippen molar-refractivity contribution in [2.24, 2.45) is 0 Å². The van der Waals surface area contributed by atoms with E-state index in [4.69, 9.17) is 18.4 Å². The van der Waals surface area contributed by atoms with Gasteiger partial charge in [0, 0.05) is 43.3 Å². The summed E-state index contributed by atoms with van der Waals surface area (Å²) in [6.45, 7) is 2.92. The number of aromatic amines is 2. The fourth-order valence-corrected chi connectivity index (χ4v) is 5.53. The van der Waals surface area contributed by atoms with Gasteiger partial charge in [0.2, 0.25) is 0 Å². The summed E-state index contributed by atoms with van der Waals surface area (Å²) in [5, 5.41) is 9.72. The standard InChI is InChI=1S/C22H29N5O12S/c1-10-6-26(21(32)23-19(10)30)17-4-13(15(8-28)38-17)25-40(34,35)36-9-16-14(37-12(3)29)5-18(39-16)27-7-11(2)20(31)24-22(27)33/h6-7,13-18,25,28H,4-5,8-9H2,1-3H3,(H,23,30,32)(H,24,31,33)/t13-,14-,15+,16+,17+,18+/m0/s1. The van der Waals surface area contributed by atoms with E-state index >= 15 is 0 Å². The first-order valence-corrected chi connectivity index (χ1v) is 13.6. The maximum Gasteiger partial charge on any atom is 0.336 e. The number of hydrogen-bond acceptors (Lipinski definition) is 12. The number of nitrogens with zero attached hydrogens (tertiary/aromatic N) is 2. The Bertz CT molecular complexity index is 1610. The van der Waals surface area contributed by atoms with Crippen molar-refractivity contribution in [3.05, 3.63) is 65.2 Å². The Morgan fingerprint density at radius 1 is 1.00 bits per heavy atom. The smallest absolute Gasteiger partial charge is 0.336 e. The molecule has 0 aliphatic carbocycles. The van der Waals surface area contributed by atoms with Gasteiger partial charge in [-0.05, 0) is 13.8 Å². The minimum absolute atomic E-state index is 0.0233. The lowest BCUT2D eigenvalue weighted by Crippen LogP contribution is -2.43. The van der Waals surface area contributed by atoms with Crippen LogP contribution in [-0.2, 0) is 33.5 Å². The third-order valence-corrected chi connectivity index (χ3v) is 7.55. The van der Waals surface area contributed by atoms with Crippen LogP contribution in [0.25, 0.3) is 0 Å². The molecule has 2 saturated heterocycles. The summed E-state index contributed by atoms with van der Waals surface area (Å²) < 4.78 is 51.7. The highest BCUT2D eigenvalue weighted by Gasteiger charge is 2.42. The van der Waals surface area contributed by atoms with Gasteiger partial charge in [-0.1, -0.05) is 0 Å². The van der Waals surface area contributed by atoms with Crippen molar-refractivity contribution >= 4 is 16.3 Å². The monoisotopic (exact) mass is 587 g/mol. The van der Waals surface area contributed by atoms with Crippen LogP contribution in [0.5, 0.6) is 0 Å². The zero-order valence-corrected chi connectivity index (χ0v) is 22.5. The van der Waals surface area contributed by atoms with Crippen molar-refractivity contribution in [3.8, 4) is 0 Å². The van der Waals surface area contributed by atoms with E-state index in [9.17, 15) is 37.5 Å². The number of nitrogens with one attached hydrogen (secondary N) is 3. The number of aliphatic hydroxyl groups is 1. The highest BCUT2D eigenvalue weighted by molar-refractivity contribution is 7.84. The van der Waals surface area contributed by atoms with Gasteiger partial charge in [-0.15, -0.1) is 0 Å². The maximum absolute atomic E-state index is 12.8. The summed E-state index contributed by atoms with van der Waals surface area (Å²) in [6, 6.07) is -1.01. The molecule has 2 aromatic heterocycles. The van der Waals surface area contributed by atoms with Crippen LogP contribution in [0.3, 0.4) is 0 Å². The molecule has 4 heterocycles. The van der Waals surface area contributed by atoms with Crippen LogP contribution >= 0.6 is 0 Å². The molecule has 2 aromatic rings. The fraction of sp³-hybridized carbons (Fsp3) is 0.591. The molecule has 0 bridgehead atoms. The summed E-state index contributed by atoms with van der Waals surface area (Å²) in [6.07, 6.45) is -2.65. The van der Waals surface area contributed by atoms with E-state index in [1.807, 2.05) is 0 Å². The number of ether oxygens (including phenoxy) is 3. The molecule has 17 nitrogen and oxygen atoms in total. The minimum atomic E-state index is -4.50. The number of carbonyl (C=O) groups excluding carboxylic acids is 1. The molecular formula is C22H29N5O12S. The number of hydrogen-bond donors (Lipinski definition) is 4. The van der Waals surface area contributed by atoms with Gasteiger partial charge in [0.05, 0.1) is 25.4 Å². The second-order valence-electron chi connectivity index (χ2n) is 9.48. The second-order valence-corrected chi connectivity index (χ2v) is 10.9. The van der Waals surface area contributed by atoms with Gasteiger partial charge in [-0.2, -0.15) is 13.1 Å². The summed E-state index contributed by atoms with van der Waals surface area (Å²) in [5.41, 5.74) is -2.22. The number of aliphatic hydroxyl groups excluding tert-OH is 1. The Labute approximate surface area is 225 Å². The molecule has 220 valence electrons. The van der Waals surface area contributed by atoms with Crippen LogP contribution in [0, 0.1) is 13.8 Å². The van der Waals surface area contributed by atoms with Crippen LogP contribution < -0.4 is 27.2 Å². The van der Waals surface area contributed by atoms with E-state index in [1.54, 1.807) is 0 Å². The number of aromatic nitrogens is 4. The molecule has 0 spiro atoms. The van der Waals surface area contributed by atoms with Crippen molar-refractivity contribution in [1.82, 2.24) is 23.8 Å². The Kier molecular flexibility index (Phi) is 8.57. The number of carbonyl (C=O) groups is 1. The summed E-state index contributed by atoms with van der Waals surface area (Å²) >= 11 is 0. The predicted octanol–water partition coefficient (Wildman–Crippen LogP) is -2.58. The van der Waals surface area contributed by atoms with Gasteiger partial charge in [0.15, 0.2) is 0 Å². The van der Waals surface area contributed by atoms with Gasteiger partial charge in [-0.3, -0.25) is 37.7 Å². The van der Waals surface area contributed by atoms with Gasteiger partial charge < -0.3 is 19.3 Å². The Hall–Kier alpha value is -3.42. The average Bonchev–Trinajstić information content (AvgIpc) is 3.45. The van der Waals surface area contributed by atoms with Crippen molar-refractivity contribution < 1.29 is 36.7 Å². The minimum Gasteiger partial charge on any atom is -0.460 e. The van der Waals surface area contributed by atoms with E-state index in [2.05, 4.69) is 14.7 Å². The van der Waals surface area contributed by atoms with Crippen molar-refractivity contribution in [2.45, 2.75) is 70.4 Å². The first-order valence-electron chi connectivity index (χ1n) is 12.2. The average molecular weight is 588 g/mol. The fourth-order valence-electron chi connectivity index (χ4n) is 4.53. The molecule has 2 fully saturated rings. The largest absolute Gasteiger partial charge is 0.460 e. The predicted molar refractivity (Wildman–Crippen MR) is 134 cm³/mol. The van der Waals surface area contributed by atoms with Gasteiger partial charge >= 0.3 is 27.7 Å². The number of rotatable bonds is 9. The molecule has 0 amide bonds. The molecule has 0 aromatic carbocycles. The quantitative estimate of drug-likeness (QED) is 0.222. The van der Waals surface area contributed by atoms with E-state index < -0.39 is 88.8 Å². The summed E-state index contributed by atoms with van der Waals surface area (Å²) in [7, 11) is -4.50. The highest BCUT2D eigenvalue weighted by atomic mass is 32.2. The van der Waals surface area contributed by atoms with E-state index in [0.29, 0.717) is 0 Å². The summed E-state index contributed by atoms with van der Waals surface area (Å²) in [5.74, 6) is -0.669. The van der Waals surface area contributed by atoms with Crippen LogP contribution in [0.4, 0.5) is 0 Å². The Morgan fingerprint density at radius 2 is 1.52 bits per heavy atom. The van der Waals surface area contributed by atoms with Gasteiger partial charge in [-0.25, -0.2) is 9.59 Å². The molecule has 40 heavy (non-hydrogen) atoms.